The second-order valence-electron chi connectivity index (χ2n) is 8.15. The first-order chi connectivity index (χ1) is 17.1. The highest BCUT2D eigenvalue weighted by Crippen LogP contribution is 2.22. The maximum absolute atomic E-state index is 12.5. The summed E-state index contributed by atoms with van der Waals surface area (Å²) in [5.74, 6) is -0.474. The Balaban J connectivity index is 1.81. The number of H-pyrrole nitrogens is 1. The number of terminal acetylenes is 1. The Morgan fingerprint density at radius 1 is 1.22 bits per heavy atom. The first-order valence-electron chi connectivity index (χ1n) is 10.9. The van der Waals surface area contributed by atoms with Crippen molar-refractivity contribution in [2.45, 2.75) is 32.4 Å². The van der Waals surface area contributed by atoms with E-state index in [0.717, 1.165) is 11.1 Å². The van der Waals surface area contributed by atoms with Crippen LogP contribution in [0.1, 0.15) is 34.3 Å². The molecule has 1 aromatic heterocycles. The molecule has 0 aliphatic heterocycles. The van der Waals surface area contributed by atoms with Gasteiger partial charge in [-0.05, 0) is 60.9 Å². The molecule has 6 N–H and O–H groups in total. The van der Waals surface area contributed by atoms with Gasteiger partial charge in [-0.1, -0.05) is 5.92 Å². The topological polar surface area (TPSA) is 179 Å². The number of fused-ring (bicyclic) bond motifs is 1. The van der Waals surface area contributed by atoms with Crippen molar-refractivity contribution in [1.29, 1.82) is 0 Å². The monoisotopic (exact) mass is 491 g/mol. The molecule has 11 heteroatoms. The summed E-state index contributed by atoms with van der Waals surface area (Å²) in [6.07, 6.45) is 4.94. The number of hydrogen-bond donors (Lipinski definition) is 5. The summed E-state index contributed by atoms with van der Waals surface area (Å²) in [7, 11) is 0. The van der Waals surface area contributed by atoms with E-state index in [2.05, 4.69) is 21.2 Å². The number of hydrogen-bond acceptors (Lipinski definition) is 7. The van der Waals surface area contributed by atoms with Gasteiger partial charge in [-0.2, -0.15) is 0 Å². The van der Waals surface area contributed by atoms with Crippen LogP contribution in [-0.2, 0) is 16.1 Å². The molecule has 2 aromatic carbocycles. The van der Waals surface area contributed by atoms with Gasteiger partial charge in [0.2, 0.25) is 5.95 Å². The normalized spacial score (nSPS) is 11.4. The lowest BCUT2D eigenvalue weighted by Crippen LogP contribution is -2.41. The number of anilines is 2. The molecule has 0 spiro atoms. The molecular formula is C25H25N5O6. The molecule has 0 bridgehead atoms. The van der Waals surface area contributed by atoms with E-state index in [1.807, 2.05) is 11.8 Å². The molecule has 3 rings (SSSR count). The molecule has 0 saturated carbocycles. The number of aromatic amines is 1. The largest absolute Gasteiger partial charge is 0.481 e. The number of carbonyl (C=O) groups excluding carboxylic acids is 1. The van der Waals surface area contributed by atoms with Crippen LogP contribution in [0.5, 0.6) is 0 Å². The molecule has 1 heterocycles. The van der Waals surface area contributed by atoms with E-state index >= 15 is 0 Å². The number of nitrogen functional groups attached to an aromatic ring is 1. The van der Waals surface area contributed by atoms with Gasteiger partial charge >= 0.3 is 11.9 Å². The van der Waals surface area contributed by atoms with E-state index in [1.54, 1.807) is 24.3 Å². The lowest BCUT2D eigenvalue weighted by molar-refractivity contribution is -0.140. The van der Waals surface area contributed by atoms with Gasteiger partial charge in [-0.25, -0.2) is 9.78 Å². The quantitative estimate of drug-likeness (QED) is 0.263. The highest BCUT2D eigenvalue weighted by atomic mass is 16.4. The van der Waals surface area contributed by atoms with Gasteiger partial charge in [0.1, 0.15) is 6.04 Å². The third-order valence-corrected chi connectivity index (χ3v) is 5.57. The SMILES string of the molecule is C#CCN(Cc1cc2c(=O)[nH]c(N)nc2cc1C)c1ccc(C(=O)N[C@@H](CCC(=O)O)C(=O)O)cc1. The molecular weight excluding hydrogens is 466 g/mol. The average molecular weight is 492 g/mol. The van der Waals surface area contributed by atoms with Crippen molar-refractivity contribution in [3.05, 3.63) is 63.4 Å². The van der Waals surface area contributed by atoms with Crippen LogP contribution in [0.2, 0.25) is 0 Å². The fourth-order valence-corrected chi connectivity index (χ4v) is 3.67. The zero-order chi connectivity index (χ0) is 26.4. The number of carboxylic acid groups (broad SMARTS) is 2. The Kier molecular flexibility index (Phi) is 7.91. The predicted molar refractivity (Wildman–Crippen MR) is 134 cm³/mol. The van der Waals surface area contributed by atoms with Gasteiger partial charge in [0.15, 0.2) is 0 Å². The second-order valence-corrected chi connectivity index (χ2v) is 8.15. The van der Waals surface area contributed by atoms with Crippen LogP contribution in [0.3, 0.4) is 0 Å². The summed E-state index contributed by atoms with van der Waals surface area (Å²) in [5, 5.41) is 20.8. The summed E-state index contributed by atoms with van der Waals surface area (Å²) < 4.78 is 0. The summed E-state index contributed by atoms with van der Waals surface area (Å²) in [6, 6.07) is 8.58. The fourth-order valence-electron chi connectivity index (χ4n) is 3.67. The maximum atomic E-state index is 12.5. The molecule has 36 heavy (non-hydrogen) atoms. The van der Waals surface area contributed by atoms with E-state index in [4.69, 9.17) is 17.3 Å². The molecule has 0 aliphatic carbocycles. The number of amides is 1. The Morgan fingerprint density at radius 3 is 2.53 bits per heavy atom. The standard InChI is InChI=1S/C25H25N5O6/c1-3-10-30(13-16-12-18-20(11-14(16)2)28-25(26)29-23(18)34)17-6-4-15(5-7-17)22(33)27-19(24(35)36)8-9-21(31)32/h1,4-7,11-12,19H,8-10,13H2,2H3,(H,27,33)(H,31,32)(H,35,36)(H3,26,28,29,34)/t19-/m0/s1. The minimum Gasteiger partial charge on any atom is -0.481 e. The van der Waals surface area contributed by atoms with Crippen LogP contribution in [0.15, 0.2) is 41.2 Å². The van der Waals surface area contributed by atoms with Gasteiger partial charge < -0.3 is 26.2 Å². The van der Waals surface area contributed by atoms with Gasteiger partial charge in [0.25, 0.3) is 11.5 Å². The number of aliphatic carboxylic acids is 2. The van der Waals surface area contributed by atoms with Gasteiger partial charge in [-0.3, -0.25) is 19.4 Å². The second kappa shape index (κ2) is 11.1. The number of aromatic nitrogens is 2. The zero-order valence-corrected chi connectivity index (χ0v) is 19.4. The molecule has 0 unspecified atom stereocenters. The molecule has 3 aromatic rings. The van der Waals surface area contributed by atoms with Crippen LogP contribution in [-0.4, -0.2) is 50.6 Å². The van der Waals surface area contributed by atoms with Crippen molar-refractivity contribution < 1.29 is 24.6 Å². The summed E-state index contributed by atoms with van der Waals surface area (Å²) >= 11 is 0. The molecule has 1 atom stereocenters. The van der Waals surface area contributed by atoms with Crippen molar-refractivity contribution in [3.63, 3.8) is 0 Å². The molecule has 0 radical (unpaired) electrons. The smallest absolute Gasteiger partial charge is 0.326 e. The fraction of sp³-hybridized carbons (Fsp3) is 0.240. The minimum absolute atomic E-state index is 0.0364. The van der Waals surface area contributed by atoms with Crippen LogP contribution in [0, 0.1) is 19.3 Å². The number of benzene rings is 2. The Morgan fingerprint density at radius 2 is 1.92 bits per heavy atom. The van der Waals surface area contributed by atoms with Crippen LogP contribution in [0.25, 0.3) is 10.9 Å². The lowest BCUT2D eigenvalue weighted by Gasteiger charge is -2.24. The van der Waals surface area contributed by atoms with Crippen molar-refractivity contribution in [2.24, 2.45) is 0 Å². The number of nitrogens with one attached hydrogen (secondary N) is 2. The van der Waals surface area contributed by atoms with E-state index in [-0.39, 0.29) is 36.5 Å². The van der Waals surface area contributed by atoms with E-state index in [9.17, 15) is 24.3 Å². The van der Waals surface area contributed by atoms with E-state index < -0.39 is 23.9 Å². The van der Waals surface area contributed by atoms with Crippen molar-refractivity contribution in [2.75, 3.05) is 17.2 Å². The highest BCUT2D eigenvalue weighted by Gasteiger charge is 2.22. The van der Waals surface area contributed by atoms with Crippen LogP contribution in [0.4, 0.5) is 11.6 Å². The number of nitrogens with zero attached hydrogens (tertiary/aromatic N) is 2. The summed E-state index contributed by atoms with van der Waals surface area (Å²) in [6.45, 7) is 2.51. The highest BCUT2D eigenvalue weighted by molar-refractivity contribution is 5.97. The maximum Gasteiger partial charge on any atom is 0.326 e. The number of rotatable bonds is 10. The lowest BCUT2D eigenvalue weighted by atomic mass is 10.0. The first-order valence-corrected chi connectivity index (χ1v) is 10.9. The summed E-state index contributed by atoms with van der Waals surface area (Å²) in [5.41, 5.74) is 8.42. The van der Waals surface area contributed by atoms with E-state index in [0.29, 0.717) is 23.1 Å². The van der Waals surface area contributed by atoms with Crippen molar-refractivity contribution >= 4 is 40.4 Å². The zero-order valence-electron chi connectivity index (χ0n) is 19.4. The van der Waals surface area contributed by atoms with Crippen molar-refractivity contribution in [1.82, 2.24) is 15.3 Å². The number of aryl methyl sites for hydroxylation is 1. The molecule has 0 fully saturated rings. The third kappa shape index (κ3) is 6.18. The molecule has 0 aliphatic rings. The Labute approximate surface area is 206 Å². The van der Waals surface area contributed by atoms with Crippen LogP contribution >= 0.6 is 0 Å². The summed E-state index contributed by atoms with van der Waals surface area (Å²) in [4.78, 5) is 55.4. The molecule has 11 nitrogen and oxygen atoms in total. The minimum atomic E-state index is -1.32. The predicted octanol–water partition coefficient (Wildman–Crippen LogP) is 1.50. The Bertz CT molecular complexity index is 1410. The average Bonchev–Trinajstić information content (AvgIpc) is 2.81. The number of carbonyl (C=O) groups is 3. The third-order valence-electron chi connectivity index (χ3n) is 5.57. The van der Waals surface area contributed by atoms with Gasteiger partial charge in [-0.15, -0.1) is 6.42 Å². The first kappa shape index (κ1) is 25.8. The van der Waals surface area contributed by atoms with Crippen LogP contribution < -0.4 is 21.5 Å². The molecule has 186 valence electrons. The molecule has 0 saturated heterocycles. The van der Waals surface area contributed by atoms with Crippen molar-refractivity contribution in [3.8, 4) is 12.3 Å². The molecule has 1 amide bonds. The van der Waals surface area contributed by atoms with Gasteiger partial charge in [0, 0.05) is 24.2 Å². The number of carboxylic acids is 2. The Hall–Kier alpha value is -4.85. The van der Waals surface area contributed by atoms with E-state index in [1.165, 1.54) is 12.1 Å². The number of nitrogens with two attached hydrogens (primary N) is 1. The van der Waals surface area contributed by atoms with Gasteiger partial charge in [0.05, 0.1) is 17.4 Å².